The Morgan fingerprint density at radius 3 is 2.57 bits per heavy atom. The van der Waals surface area contributed by atoms with Crippen LogP contribution >= 0.6 is 0 Å². The number of fused-ring (bicyclic) bond motifs is 1. The Labute approximate surface area is 208 Å². The molecule has 0 spiro atoms. The van der Waals surface area contributed by atoms with Crippen LogP contribution in [0.25, 0.3) is 5.70 Å². The van der Waals surface area contributed by atoms with Crippen molar-refractivity contribution in [3.8, 4) is 5.75 Å². The van der Waals surface area contributed by atoms with Crippen LogP contribution in [0, 0.1) is 5.41 Å². The molecule has 5 nitrogen and oxygen atoms in total. The summed E-state index contributed by atoms with van der Waals surface area (Å²) in [5.74, 6) is 0.555. The molecule has 184 valence electrons. The van der Waals surface area contributed by atoms with Crippen molar-refractivity contribution in [2.24, 2.45) is 5.41 Å². The summed E-state index contributed by atoms with van der Waals surface area (Å²) in [4.78, 5) is 26.5. The molecule has 0 saturated carbocycles. The molecule has 2 aliphatic rings. The first-order chi connectivity index (χ1) is 16.5. The summed E-state index contributed by atoms with van der Waals surface area (Å²) < 4.78 is 5.41. The van der Waals surface area contributed by atoms with Crippen LogP contribution in [0.1, 0.15) is 75.4 Å². The molecule has 0 bridgehead atoms. The lowest BCUT2D eigenvalue weighted by molar-refractivity contribution is -0.114. The molecule has 4 rings (SSSR count). The fraction of sp³-hybridized carbons (Fsp3) is 0.400. The second kappa shape index (κ2) is 9.37. The largest absolute Gasteiger partial charge is 0.497 e. The summed E-state index contributed by atoms with van der Waals surface area (Å²) in [5, 5.41) is 6.55. The predicted molar refractivity (Wildman–Crippen MR) is 142 cm³/mol. The number of amides is 1. The zero-order valence-electron chi connectivity index (χ0n) is 21.7. The Hall–Kier alpha value is -3.34. The zero-order valence-corrected chi connectivity index (χ0v) is 21.7. The van der Waals surface area contributed by atoms with Crippen LogP contribution in [0.5, 0.6) is 5.75 Å². The highest BCUT2D eigenvalue weighted by atomic mass is 16.5. The molecule has 2 N–H and O–H groups in total. The Kier molecular flexibility index (Phi) is 6.63. The van der Waals surface area contributed by atoms with Crippen LogP contribution in [0.15, 0.2) is 59.7 Å². The molecular weight excluding hydrogens is 436 g/mol. The Morgan fingerprint density at radius 1 is 1.09 bits per heavy atom. The first-order valence-corrected chi connectivity index (χ1v) is 12.3. The number of methoxy groups -OCH3 is 1. The van der Waals surface area contributed by atoms with Crippen molar-refractivity contribution in [1.82, 2.24) is 5.32 Å². The van der Waals surface area contributed by atoms with Crippen molar-refractivity contribution in [3.63, 3.8) is 0 Å². The summed E-state index contributed by atoms with van der Waals surface area (Å²) in [7, 11) is 1.64. The van der Waals surface area contributed by atoms with E-state index in [0.717, 1.165) is 53.8 Å². The van der Waals surface area contributed by atoms with E-state index in [1.54, 1.807) is 25.3 Å². The van der Waals surface area contributed by atoms with Gasteiger partial charge in [-0.3, -0.25) is 9.59 Å². The van der Waals surface area contributed by atoms with Gasteiger partial charge in [-0.2, -0.15) is 0 Å². The smallest absolute Gasteiger partial charge is 0.252 e. The summed E-state index contributed by atoms with van der Waals surface area (Å²) >= 11 is 0. The standard InChI is InChI=1S/C30H36N2O3/c1-19-9-8-14-29(2,3)27(19)28(34)31-22-11-7-10-20(15-22)26(33)17-25-24-16-23(35-6)13-12-21(24)18-30(4,5)32-25/h7,10-13,15-17,32H,8-9,14,18H2,1-6H3,(H,31,34). The first kappa shape index (κ1) is 24.8. The summed E-state index contributed by atoms with van der Waals surface area (Å²) in [6.45, 7) is 10.5. The summed E-state index contributed by atoms with van der Waals surface area (Å²) in [6.07, 6.45) is 5.55. The summed E-state index contributed by atoms with van der Waals surface area (Å²) in [5.41, 5.74) is 5.76. The van der Waals surface area contributed by atoms with E-state index in [1.165, 1.54) is 5.56 Å². The molecule has 1 aliphatic carbocycles. The average Bonchev–Trinajstić information content (AvgIpc) is 2.77. The SMILES string of the molecule is COc1ccc2c(c1)C(=CC(=O)c1cccc(NC(=O)C3=C(C)CCCC3(C)C)c1)NC(C)(C)C2. The van der Waals surface area contributed by atoms with E-state index < -0.39 is 0 Å². The van der Waals surface area contributed by atoms with Crippen molar-refractivity contribution in [2.45, 2.75) is 65.8 Å². The zero-order chi connectivity index (χ0) is 25.4. The van der Waals surface area contributed by atoms with Gasteiger partial charge in [-0.25, -0.2) is 0 Å². The lowest BCUT2D eigenvalue weighted by Gasteiger charge is -2.35. The molecular formula is C30H36N2O3. The molecule has 0 unspecified atom stereocenters. The molecule has 0 radical (unpaired) electrons. The fourth-order valence-electron chi connectivity index (χ4n) is 5.44. The maximum Gasteiger partial charge on any atom is 0.252 e. The van der Waals surface area contributed by atoms with Gasteiger partial charge >= 0.3 is 0 Å². The van der Waals surface area contributed by atoms with E-state index in [2.05, 4.69) is 44.4 Å². The number of ether oxygens (including phenoxy) is 1. The van der Waals surface area contributed by atoms with Crippen molar-refractivity contribution < 1.29 is 14.3 Å². The predicted octanol–water partition coefficient (Wildman–Crippen LogP) is 6.31. The molecule has 1 heterocycles. The normalized spacial score (nSPS) is 19.5. The third kappa shape index (κ3) is 5.34. The number of rotatable bonds is 5. The second-order valence-corrected chi connectivity index (χ2v) is 11.1. The van der Waals surface area contributed by atoms with Gasteiger partial charge in [0.05, 0.1) is 7.11 Å². The number of allylic oxidation sites excluding steroid dienone is 2. The number of carbonyl (C=O) groups is 2. The van der Waals surface area contributed by atoms with Gasteiger partial charge in [-0.1, -0.05) is 37.6 Å². The number of benzene rings is 2. The molecule has 1 amide bonds. The van der Waals surface area contributed by atoms with Crippen LogP contribution in [0.2, 0.25) is 0 Å². The molecule has 0 saturated heterocycles. The van der Waals surface area contributed by atoms with E-state index in [4.69, 9.17) is 4.74 Å². The van der Waals surface area contributed by atoms with Crippen LogP contribution in [0.4, 0.5) is 5.69 Å². The minimum atomic E-state index is -0.179. The molecule has 1 aliphatic heterocycles. The fourth-order valence-corrected chi connectivity index (χ4v) is 5.44. The van der Waals surface area contributed by atoms with Gasteiger partial charge in [0.1, 0.15) is 5.75 Å². The van der Waals surface area contributed by atoms with Crippen LogP contribution < -0.4 is 15.4 Å². The third-order valence-corrected chi connectivity index (χ3v) is 7.08. The quantitative estimate of drug-likeness (QED) is 0.395. The minimum absolute atomic E-state index is 0.0770. The van der Waals surface area contributed by atoms with E-state index >= 15 is 0 Å². The van der Waals surface area contributed by atoms with Gasteiger partial charge in [0.2, 0.25) is 0 Å². The Balaban J connectivity index is 1.61. The van der Waals surface area contributed by atoms with Crippen LogP contribution in [0.3, 0.4) is 0 Å². The second-order valence-electron chi connectivity index (χ2n) is 11.1. The van der Waals surface area contributed by atoms with Gasteiger partial charge in [-0.15, -0.1) is 0 Å². The van der Waals surface area contributed by atoms with Crippen molar-refractivity contribution >= 4 is 23.1 Å². The van der Waals surface area contributed by atoms with E-state index in [1.807, 2.05) is 31.2 Å². The van der Waals surface area contributed by atoms with E-state index in [0.29, 0.717) is 11.3 Å². The maximum absolute atomic E-state index is 13.3. The minimum Gasteiger partial charge on any atom is -0.497 e. The lowest BCUT2D eigenvalue weighted by Crippen LogP contribution is -2.43. The van der Waals surface area contributed by atoms with Crippen LogP contribution in [-0.4, -0.2) is 24.3 Å². The van der Waals surface area contributed by atoms with E-state index in [-0.39, 0.29) is 22.6 Å². The van der Waals surface area contributed by atoms with Crippen molar-refractivity contribution in [2.75, 3.05) is 12.4 Å². The van der Waals surface area contributed by atoms with Gasteiger partial charge in [-0.05, 0) is 81.7 Å². The molecule has 0 aromatic heterocycles. The first-order valence-electron chi connectivity index (χ1n) is 12.3. The summed E-state index contributed by atoms with van der Waals surface area (Å²) in [6, 6.07) is 13.2. The molecule has 0 fully saturated rings. The lowest BCUT2D eigenvalue weighted by atomic mass is 9.72. The molecule has 35 heavy (non-hydrogen) atoms. The Bertz CT molecular complexity index is 1230. The highest BCUT2D eigenvalue weighted by Gasteiger charge is 2.33. The van der Waals surface area contributed by atoms with E-state index in [9.17, 15) is 9.59 Å². The number of ketones is 1. The highest BCUT2D eigenvalue weighted by molar-refractivity contribution is 6.10. The van der Waals surface area contributed by atoms with Gasteiger partial charge in [0.15, 0.2) is 5.78 Å². The molecule has 5 heteroatoms. The van der Waals surface area contributed by atoms with Crippen molar-refractivity contribution in [1.29, 1.82) is 0 Å². The monoisotopic (exact) mass is 472 g/mol. The molecule has 2 aromatic carbocycles. The average molecular weight is 473 g/mol. The van der Waals surface area contributed by atoms with Gasteiger partial charge < -0.3 is 15.4 Å². The van der Waals surface area contributed by atoms with Crippen LogP contribution in [-0.2, 0) is 11.2 Å². The number of nitrogens with one attached hydrogen (secondary N) is 2. The number of hydrogen-bond donors (Lipinski definition) is 2. The number of carbonyl (C=O) groups excluding carboxylic acids is 2. The molecule has 0 atom stereocenters. The number of hydrogen-bond acceptors (Lipinski definition) is 4. The Morgan fingerprint density at radius 2 is 1.86 bits per heavy atom. The van der Waals surface area contributed by atoms with Gasteiger partial charge in [0.25, 0.3) is 5.91 Å². The maximum atomic E-state index is 13.3. The number of anilines is 1. The third-order valence-electron chi connectivity index (χ3n) is 7.08. The molecule has 2 aromatic rings. The van der Waals surface area contributed by atoms with Gasteiger partial charge in [0, 0.05) is 39.7 Å². The highest BCUT2D eigenvalue weighted by Crippen LogP contribution is 2.40. The van der Waals surface area contributed by atoms with Crippen molar-refractivity contribution in [3.05, 3.63) is 76.4 Å². The topological polar surface area (TPSA) is 67.4 Å².